The predicted molar refractivity (Wildman–Crippen MR) is 61.2 cm³/mol. The van der Waals surface area contributed by atoms with Gasteiger partial charge in [-0.05, 0) is 27.2 Å². The summed E-state index contributed by atoms with van der Waals surface area (Å²) in [5.41, 5.74) is -0.101. The van der Waals surface area contributed by atoms with E-state index in [0.29, 0.717) is 0 Å². The molecule has 0 rings (SSSR count). The summed E-state index contributed by atoms with van der Waals surface area (Å²) in [6, 6.07) is 0. The maximum atomic E-state index is 11.6. The largest absolute Gasteiger partial charge is 0.351 e. The monoisotopic (exact) mass is 199 g/mol. The number of amides is 1. The van der Waals surface area contributed by atoms with Crippen molar-refractivity contribution in [3.63, 3.8) is 0 Å². The third kappa shape index (κ3) is 6.93. The quantitative estimate of drug-likeness (QED) is 0.677. The molecule has 0 aliphatic rings. The number of rotatable bonds is 5. The van der Waals surface area contributed by atoms with E-state index < -0.39 is 0 Å². The number of carbonyl (C=O) groups excluding carboxylic acids is 1. The highest BCUT2D eigenvalue weighted by molar-refractivity contribution is 5.78. The third-order valence-corrected chi connectivity index (χ3v) is 2.19. The second-order valence-corrected chi connectivity index (χ2v) is 5.14. The first-order valence-electron chi connectivity index (χ1n) is 5.69. The summed E-state index contributed by atoms with van der Waals surface area (Å²) in [7, 11) is 0. The SMILES string of the molecule is CCCCCC(C)C(=O)NC(C)(C)C. The van der Waals surface area contributed by atoms with E-state index >= 15 is 0 Å². The molecule has 0 heterocycles. The van der Waals surface area contributed by atoms with Crippen LogP contribution in [0.3, 0.4) is 0 Å². The van der Waals surface area contributed by atoms with Gasteiger partial charge in [-0.25, -0.2) is 0 Å². The van der Waals surface area contributed by atoms with Gasteiger partial charge >= 0.3 is 0 Å². The summed E-state index contributed by atoms with van der Waals surface area (Å²) >= 11 is 0. The van der Waals surface area contributed by atoms with Crippen LogP contribution in [0, 0.1) is 5.92 Å². The molecule has 0 aromatic heterocycles. The van der Waals surface area contributed by atoms with E-state index in [4.69, 9.17) is 0 Å². The van der Waals surface area contributed by atoms with Crippen LogP contribution >= 0.6 is 0 Å². The fourth-order valence-electron chi connectivity index (χ4n) is 1.32. The molecule has 1 amide bonds. The minimum atomic E-state index is -0.101. The minimum absolute atomic E-state index is 0.101. The summed E-state index contributed by atoms with van der Waals surface area (Å²) in [6.45, 7) is 10.2. The van der Waals surface area contributed by atoms with Crippen molar-refractivity contribution in [3.05, 3.63) is 0 Å². The molecular formula is C12H25NO. The number of hydrogen-bond donors (Lipinski definition) is 1. The van der Waals surface area contributed by atoms with Crippen LogP contribution < -0.4 is 5.32 Å². The zero-order valence-corrected chi connectivity index (χ0v) is 10.3. The van der Waals surface area contributed by atoms with Gasteiger partial charge in [-0.2, -0.15) is 0 Å². The van der Waals surface area contributed by atoms with E-state index in [9.17, 15) is 4.79 Å². The standard InChI is InChI=1S/C12H25NO/c1-6-7-8-9-10(2)11(14)13-12(3,4)5/h10H,6-9H2,1-5H3,(H,13,14). The van der Waals surface area contributed by atoms with Gasteiger partial charge in [0.1, 0.15) is 0 Å². The summed E-state index contributed by atoms with van der Waals surface area (Å²) in [5, 5.41) is 3.01. The summed E-state index contributed by atoms with van der Waals surface area (Å²) in [4.78, 5) is 11.6. The van der Waals surface area contributed by atoms with E-state index in [1.165, 1.54) is 12.8 Å². The van der Waals surface area contributed by atoms with Crippen molar-refractivity contribution in [1.29, 1.82) is 0 Å². The minimum Gasteiger partial charge on any atom is -0.351 e. The molecule has 1 N–H and O–H groups in total. The van der Waals surface area contributed by atoms with Gasteiger partial charge in [0.2, 0.25) is 5.91 Å². The molecule has 1 unspecified atom stereocenters. The Hall–Kier alpha value is -0.530. The zero-order chi connectivity index (χ0) is 11.2. The van der Waals surface area contributed by atoms with Gasteiger partial charge in [-0.1, -0.05) is 33.1 Å². The Labute approximate surface area is 88.5 Å². The Morgan fingerprint density at radius 2 is 1.86 bits per heavy atom. The van der Waals surface area contributed by atoms with Crippen molar-refractivity contribution in [2.75, 3.05) is 0 Å². The maximum absolute atomic E-state index is 11.6. The lowest BCUT2D eigenvalue weighted by molar-refractivity contribution is -0.126. The first-order chi connectivity index (χ1) is 6.37. The van der Waals surface area contributed by atoms with E-state index in [0.717, 1.165) is 12.8 Å². The molecule has 2 heteroatoms. The fourth-order valence-corrected chi connectivity index (χ4v) is 1.32. The molecule has 1 atom stereocenters. The van der Waals surface area contributed by atoms with E-state index in [1.54, 1.807) is 0 Å². The van der Waals surface area contributed by atoms with Gasteiger partial charge in [-0.3, -0.25) is 4.79 Å². The lowest BCUT2D eigenvalue weighted by Gasteiger charge is -2.23. The van der Waals surface area contributed by atoms with E-state index in [-0.39, 0.29) is 17.4 Å². The average molecular weight is 199 g/mol. The second kappa shape index (κ2) is 6.05. The number of carbonyl (C=O) groups is 1. The number of nitrogens with one attached hydrogen (secondary N) is 1. The number of unbranched alkanes of at least 4 members (excludes halogenated alkanes) is 2. The Bertz CT molecular complexity index is 170. The smallest absolute Gasteiger partial charge is 0.223 e. The maximum Gasteiger partial charge on any atom is 0.223 e. The zero-order valence-electron chi connectivity index (χ0n) is 10.3. The molecule has 84 valence electrons. The molecule has 0 saturated carbocycles. The predicted octanol–water partition coefficient (Wildman–Crippen LogP) is 3.12. The van der Waals surface area contributed by atoms with Crippen molar-refractivity contribution in [2.45, 2.75) is 65.8 Å². The van der Waals surface area contributed by atoms with Crippen LogP contribution in [-0.4, -0.2) is 11.4 Å². The second-order valence-electron chi connectivity index (χ2n) is 5.14. The third-order valence-electron chi connectivity index (χ3n) is 2.19. The van der Waals surface area contributed by atoms with Gasteiger partial charge < -0.3 is 5.32 Å². The van der Waals surface area contributed by atoms with Crippen LogP contribution in [0.1, 0.15) is 60.3 Å². The van der Waals surface area contributed by atoms with Crippen molar-refractivity contribution in [1.82, 2.24) is 5.32 Å². The molecule has 0 aliphatic carbocycles. The van der Waals surface area contributed by atoms with Crippen molar-refractivity contribution < 1.29 is 4.79 Å². The molecule has 0 bridgehead atoms. The first kappa shape index (κ1) is 13.5. The fraction of sp³-hybridized carbons (Fsp3) is 0.917. The van der Waals surface area contributed by atoms with Crippen molar-refractivity contribution in [2.24, 2.45) is 5.92 Å². The van der Waals surface area contributed by atoms with Gasteiger partial charge in [0.25, 0.3) is 0 Å². The van der Waals surface area contributed by atoms with Crippen molar-refractivity contribution in [3.8, 4) is 0 Å². The highest BCUT2D eigenvalue weighted by Crippen LogP contribution is 2.11. The highest BCUT2D eigenvalue weighted by atomic mass is 16.2. The molecule has 0 fully saturated rings. The van der Waals surface area contributed by atoms with Gasteiger partial charge in [-0.15, -0.1) is 0 Å². The van der Waals surface area contributed by atoms with Crippen LogP contribution in [-0.2, 0) is 4.79 Å². The lowest BCUT2D eigenvalue weighted by Crippen LogP contribution is -2.43. The van der Waals surface area contributed by atoms with E-state index in [2.05, 4.69) is 12.2 Å². The molecule has 14 heavy (non-hydrogen) atoms. The highest BCUT2D eigenvalue weighted by Gasteiger charge is 2.18. The van der Waals surface area contributed by atoms with Gasteiger partial charge in [0.05, 0.1) is 0 Å². The van der Waals surface area contributed by atoms with E-state index in [1.807, 2.05) is 27.7 Å². The lowest BCUT2D eigenvalue weighted by atomic mass is 10.0. The molecular weight excluding hydrogens is 174 g/mol. The topological polar surface area (TPSA) is 29.1 Å². The molecule has 0 spiro atoms. The first-order valence-corrected chi connectivity index (χ1v) is 5.69. The van der Waals surface area contributed by atoms with Crippen LogP contribution in [0.15, 0.2) is 0 Å². The molecule has 2 nitrogen and oxygen atoms in total. The van der Waals surface area contributed by atoms with Crippen molar-refractivity contribution >= 4 is 5.91 Å². The Morgan fingerprint density at radius 1 is 1.29 bits per heavy atom. The molecule has 0 aromatic rings. The molecule has 0 saturated heterocycles. The van der Waals surface area contributed by atoms with Crippen LogP contribution in [0.25, 0.3) is 0 Å². The van der Waals surface area contributed by atoms with Crippen LogP contribution in [0.4, 0.5) is 0 Å². The van der Waals surface area contributed by atoms with Gasteiger partial charge in [0.15, 0.2) is 0 Å². The Balaban J connectivity index is 3.77. The summed E-state index contributed by atoms with van der Waals surface area (Å²) < 4.78 is 0. The Morgan fingerprint density at radius 3 is 2.29 bits per heavy atom. The van der Waals surface area contributed by atoms with Crippen LogP contribution in [0.5, 0.6) is 0 Å². The molecule has 0 radical (unpaired) electrons. The molecule has 0 aromatic carbocycles. The summed E-state index contributed by atoms with van der Waals surface area (Å²) in [6.07, 6.45) is 4.62. The van der Waals surface area contributed by atoms with Crippen LogP contribution in [0.2, 0.25) is 0 Å². The number of hydrogen-bond acceptors (Lipinski definition) is 1. The summed E-state index contributed by atoms with van der Waals surface area (Å²) in [5.74, 6) is 0.342. The normalized spacial score (nSPS) is 13.8. The van der Waals surface area contributed by atoms with Gasteiger partial charge in [0, 0.05) is 11.5 Å². The Kier molecular flexibility index (Phi) is 5.82. The molecule has 0 aliphatic heterocycles. The average Bonchev–Trinajstić information content (AvgIpc) is 2.01.